The monoisotopic (exact) mass is 463 g/mol. The molecule has 3 aromatic rings. The van der Waals surface area contributed by atoms with Gasteiger partial charge in [0, 0.05) is 41.0 Å². The lowest BCUT2D eigenvalue weighted by molar-refractivity contribution is 0.0711. The molecule has 1 aliphatic rings. The number of piperidine rings is 1. The fourth-order valence-electron chi connectivity index (χ4n) is 4.11. The van der Waals surface area contributed by atoms with Crippen LogP contribution in [0.1, 0.15) is 50.9 Å². The van der Waals surface area contributed by atoms with Gasteiger partial charge in [-0.25, -0.2) is 0 Å². The van der Waals surface area contributed by atoms with Crippen molar-refractivity contribution in [3.05, 3.63) is 88.2 Å². The van der Waals surface area contributed by atoms with Gasteiger partial charge in [-0.3, -0.25) is 14.6 Å². The number of methoxy groups -OCH3 is 1. The van der Waals surface area contributed by atoms with Gasteiger partial charge in [-0.05, 0) is 74.4 Å². The summed E-state index contributed by atoms with van der Waals surface area (Å²) in [5.41, 5.74) is 3.50. The Morgan fingerprint density at radius 2 is 1.79 bits per heavy atom. The van der Waals surface area contributed by atoms with Crippen molar-refractivity contribution in [2.75, 3.05) is 25.5 Å². The molecule has 170 valence electrons. The second-order valence-corrected chi connectivity index (χ2v) is 8.58. The van der Waals surface area contributed by atoms with E-state index in [-0.39, 0.29) is 17.7 Å². The molecule has 1 fully saturated rings. The number of halogens is 1. The number of likely N-dealkylation sites (tertiary alicyclic amines) is 1. The highest BCUT2D eigenvalue weighted by molar-refractivity contribution is 6.30. The predicted molar refractivity (Wildman–Crippen MR) is 129 cm³/mol. The van der Waals surface area contributed by atoms with E-state index in [0.29, 0.717) is 34.9 Å². The van der Waals surface area contributed by atoms with Crippen LogP contribution >= 0.6 is 11.6 Å². The zero-order valence-corrected chi connectivity index (χ0v) is 19.4. The molecule has 6 nitrogen and oxygen atoms in total. The number of anilines is 1. The minimum absolute atomic E-state index is 0.0226. The van der Waals surface area contributed by atoms with Crippen LogP contribution in [0.3, 0.4) is 0 Å². The van der Waals surface area contributed by atoms with Crippen LogP contribution in [0.4, 0.5) is 5.69 Å². The quantitative estimate of drug-likeness (QED) is 0.555. The van der Waals surface area contributed by atoms with Crippen molar-refractivity contribution in [3.63, 3.8) is 0 Å². The van der Waals surface area contributed by atoms with E-state index in [1.165, 1.54) is 0 Å². The van der Waals surface area contributed by atoms with Gasteiger partial charge < -0.3 is 15.0 Å². The number of rotatable bonds is 5. The van der Waals surface area contributed by atoms with E-state index in [1.807, 2.05) is 24.0 Å². The molecule has 2 heterocycles. The van der Waals surface area contributed by atoms with Crippen molar-refractivity contribution >= 4 is 29.1 Å². The summed E-state index contributed by atoms with van der Waals surface area (Å²) in [4.78, 5) is 32.5. The van der Waals surface area contributed by atoms with E-state index in [1.54, 1.807) is 55.6 Å². The molecule has 7 heteroatoms. The largest absolute Gasteiger partial charge is 0.497 e. The number of aryl methyl sites for hydroxylation is 1. The van der Waals surface area contributed by atoms with Crippen LogP contribution in [-0.4, -0.2) is 41.9 Å². The van der Waals surface area contributed by atoms with E-state index >= 15 is 0 Å². The Hall–Kier alpha value is -3.38. The maximum absolute atomic E-state index is 13.1. The molecular formula is C26H26ClN3O3. The third-order valence-electron chi connectivity index (χ3n) is 5.90. The fraction of sp³-hybridized carbons (Fsp3) is 0.269. The Balaban J connectivity index is 1.47. The minimum Gasteiger partial charge on any atom is -0.497 e. The molecule has 1 aromatic heterocycles. The van der Waals surface area contributed by atoms with Gasteiger partial charge in [-0.15, -0.1) is 0 Å². The number of nitrogens with zero attached hydrogens (tertiary/aromatic N) is 2. The summed E-state index contributed by atoms with van der Waals surface area (Å²) in [5, 5.41) is 3.50. The normalized spacial score (nSPS) is 14.1. The summed E-state index contributed by atoms with van der Waals surface area (Å²) in [5.74, 6) is 0.612. The molecule has 0 atom stereocenters. The number of carbonyl (C=O) groups is 2. The highest BCUT2D eigenvalue weighted by Crippen LogP contribution is 2.31. The van der Waals surface area contributed by atoms with Crippen molar-refractivity contribution in [2.24, 2.45) is 0 Å². The van der Waals surface area contributed by atoms with Gasteiger partial charge in [0.1, 0.15) is 5.75 Å². The smallest absolute Gasteiger partial charge is 0.257 e. The zero-order valence-electron chi connectivity index (χ0n) is 18.7. The SMILES string of the molecule is COc1ccc(NC(=O)c2ccc(C)nc2C2CCN(C(=O)c3cccc(Cl)c3)CC2)cc1. The molecule has 1 saturated heterocycles. The highest BCUT2D eigenvalue weighted by atomic mass is 35.5. The third kappa shape index (κ3) is 5.34. The number of ether oxygens (including phenoxy) is 1. The summed E-state index contributed by atoms with van der Waals surface area (Å²) in [6, 6.07) is 17.9. The molecule has 0 aliphatic carbocycles. The predicted octanol–water partition coefficient (Wildman–Crippen LogP) is 5.32. The third-order valence-corrected chi connectivity index (χ3v) is 6.13. The number of nitrogens with one attached hydrogen (secondary N) is 1. The maximum Gasteiger partial charge on any atom is 0.257 e. The van der Waals surface area contributed by atoms with Gasteiger partial charge in [-0.2, -0.15) is 0 Å². The topological polar surface area (TPSA) is 71.5 Å². The Kier molecular flexibility index (Phi) is 6.94. The number of hydrogen-bond donors (Lipinski definition) is 1. The van der Waals surface area contributed by atoms with Gasteiger partial charge in [0.05, 0.1) is 18.4 Å². The Morgan fingerprint density at radius 1 is 1.06 bits per heavy atom. The van der Waals surface area contributed by atoms with Crippen molar-refractivity contribution < 1.29 is 14.3 Å². The molecule has 4 rings (SSSR count). The number of carbonyl (C=O) groups excluding carboxylic acids is 2. The number of aromatic nitrogens is 1. The van der Waals surface area contributed by atoms with Crippen molar-refractivity contribution in [3.8, 4) is 5.75 Å². The average Bonchev–Trinajstić information content (AvgIpc) is 2.84. The Morgan fingerprint density at radius 3 is 2.45 bits per heavy atom. The molecule has 2 aromatic carbocycles. The van der Waals surface area contributed by atoms with Gasteiger partial charge >= 0.3 is 0 Å². The van der Waals surface area contributed by atoms with Crippen molar-refractivity contribution in [1.82, 2.24) is 9.88 Å². The average molecular weight is 464 g/mol. The van der Waals surface area contributed by atoms with E-state index < -0.39 is 0 Å². The van der Waals surface area contributed by atoms with Crippen LogP contribution < -0.4 is 10.1 Å². The van der Waals surface area contributed by atoms with Crippen molar-refractivity contribution in [2.45, 2.75) is 25.7 Å². The summed E-state index contributed by atoms with van der Waals surface area (Å²) in [6.07, 6.45) is 1.48. The maximum atomic E-state index is 13.1. The molecule has 1 aliphatic heterocycles. The van der Waals surface area contributed by atoms with Crippen LogP contribution in [0.2, 0.25) is 5.02 Å². The second-order valence-electron chi connectivity index (χ2n) is 8.14. The van der Waals surface area contributed by atoms with Gasteiger partial charge in [0.25, 0.3) is 11.8 Å². The summed E-state index contributed by atoms with van der Waals surface area (Å²) < 4.78 is 5.17. The van der Waals surface area contributed by atoms with E-state index in [4.69, 9.17) is 21.3 Å². The van der Waals surface area contributed by atoms with Crippen LogP contribution in [0.5, 0.6) is 5.75 Å². The lowest BCUT2D eigenvalue weighted by Gasteiger charge is -2.32. The molecule has 0 bridgehead atoms. The Bertz CT molecular complexity index is 1160. The number of hydrogen-bond acceptors (Lipinski definition) is 4. The lowest BCUT2D eigenvalue weighted by atomic mass is 9.89. The van der Waals surface area contributed by atoms with Gasteiger partial charge in [0.15, 0.2) is 0 Å². The molecule has 0 unspecified atom stereocenters. The van der Waals surface area contributed by atoms with Crippen LogP contribution in [0.25, 0.3) is 0 Å². The zero-order chi connectivity index (χ0) is 23.4. The van der Waals surface area contributed by atoms with E-state index in [0.717, 1.165) is 30.0 Å². The molecule has 0 saturated carbocycles. The fourth-order valence-corrected chi connectivity index (χ4v) is 4.30. The molecule has 33 heavy (non-hydrogen) atoms. The van der Waals surface area contributed by atoms with Gasteiger partial charge in [0.2, 0.25) is 0 Å². The van der Waals surface area contributed by atoms with E-state index in [2.05, 4.69) is 5.32 Å². The van der Waals surface area contributed by atoms with Crippen LogP contribution in [-0.2, 0) is 0 Å². The summed E-state index contributed by atoms with van der Waals surface area (Å²) in [7, 11) is 1.60. The number of benzene rings is 2. The molecule has 0 radical (unpaired) electrons. The first kappa shape index (κ1) is 22.8. The standard InChI is InChI=1S/C26H26ClN3O3/c1-17-6-11-23(25(31)29-21-7-9-22(33-2)10-8-21)24(28-17)18-12-14-30(15-13-18)26(32)19-4-3-5-20(27)16-19/h3-11,16,18H,12-15H2,1-2H3,(H,29,31). The first-order chi connectivity index (χ1) is 15.9. The Labute approximate surface area is 198 Å². The number of amides is 2. The summed E-state index contributed by atoms with van der Waals surface area (Å²) >= 11 is 6.04. The van der Waals surface area contributed by atoms with Crippen LogP contribution in [0, 0.1) is 6.92 Å². The van der Waals surface area contributed by atoms with Crippen LogP contribution in [0.15, 0.2) is 60.7 Å². The first-order valence-electron chi connectivity index (χ1n) is 10.9. The molecule has 0 spiro atoms. The first-order valence-corrected chi connectivity index (χ1v) is 11.3. The summed E-state index contributed by atoms with van der Waals surface area (Å²) in [6.45, 7) is 3.13. The van der Waals surface area contributed by atoms with Crippen molar-refractivity contribution in [1.29, 1.82) is 0 Å². The second kappa shape index (κ2) is 10.0. The molecule has 1 N–H and O–H groups in total. The minimum atomic E-state index is -0.194. The van der Waals surface area contributed by atoms with E-state index in [9.17, 15) is 9.59 Å². The molecular weight excluding hydrogens is 438 g/mol. The lowest BCUT2D eigenvalue weighted by Crippen LogP contribution is -2.38. The number of pyridine rings is 1. The molecule has 2 amide bonds. The highest BCUT2D eigenvalue weighted by Gasteiger charge is 2.28. The van der Waals surface area contributed by atoms with Gasteiger partial charge in [-0.1, -0.05) is 17.7 Å².